The van der Waals surface area contributed by atoms with Gasteiger partial charge in [0.25, 0.3) is 0 Å². The van der Waals surface area contributed by atoms with Crippen molar-refractivity contribution < 1.29 is 43.8 Å². The van der Waals surface area contributed by atoms with Gasteiger partial charge in [0.05, 0.1) is 19.4 Å². The Morgan fingerprint density at radius 3 is 1.70 bits per heavy atom. The average Bonchev–Trinajstić information content (AvgIpc) is 2.62. The lowest BCUT2D eigenvalue weighted by Crippen LogP contribution is -2.57. The summed E-state index contributed by atoms with van der Waals surface area (Å²) in [5.74, 6) is -7.94. The van der Waals surface area contributed by atoms with Gasteiger partial charge in [0, 0.05) is 6.42 Å². The molecule has 15 nitrogen and oxygen atoms in total. The fraction of sp³-hybridized carbons (Fsp3) is 0.533. The molecule has 0 saturated carbocycles. The number of amides is 5. The second kappa shape index (κ2) is 12.7. The van der Waals surface area contributed by atoms with Gasteiger partial charge in [-0.3, -0.25) is 28.8 Å². The normalized spacial score (nSPS) is 13.2. The molecule has 0 heterocycles. The Hall–Kier alpha value is -3.75. The summed E-state index contributed by atoms with van der Waals surface area (Å²) >= 11 is 0. The maximum Gasteiger partial charge on any atom is 0.326 e. The molecule has 0 fully saturated rings. The highest BCUT2D eigenvalue weighted by Gasteiger charge is 2.31. The van der Waals surface area contributed by atoms with E-state index in [1.54, 1.807) is 0 Å². The number of hydrogen-bond acceptors (Lipinski definition) is 8. The number of nitrogens with one attached hydrogen (secondary N) is 3. The summed E-state index contributed by atoms with van der Waals surface area (Å²) in [6.07, 6.45) is -2.36. The van der Waals surface area contributed by atoms with E-state index in [0.29, 0.717) is 0 Å². The van der Waals surface area contributed by atoms with E-state index in [4.69, 9.17) is 27.4 Å². The lowest BCUT2D eigenvalue weighted by molar-refractivity contribution is -0.144. The number of rotatable bonds is 14. The molecule has 0 aliphatic heterocycles. The van der Waals surface area contributed by atoms with Crippen LogP contribution in [0.2, 0.25) is 0 Å². The standard InChI is InChI=1S/C15H24N6O9/c16-5-11(24)19-7(4-12(25)26)14(28)20-6(1-2-9(17)22)13(27)21-8(15(29)30)3-10(18)23/h6-8H,1-5,16H2,(H2,17,22)(H2,18,23)(H,19,24)(H,20,28)(H,21,27)(H,25,26)(H,29,30). The molecular weight excluding hydrogens is 408 g/mol. The van der Waals surface area contributed by atoms with Gasteiger partial charge in [0.15, 0.2) is 0 Å². The molecule has 0 spiro atoms. The summed E-state index contributed by atoms with van der Waals surface area (Å²) in [6.45, 7) is -0.539. The van der Waals surface area contributed by atoms with Crippen molar-refractivity contribution in [2.75, 3.05) is 6.54 Å². The summed E-state index contributed by atoms with van der Waals surface area (Å²) in [4.78, 5) is 80.2. The van der Waals surface area contributed by atoms with Crippen LogP contribution in [0.3, 0.4) is 0 Å². The first-order chi connectivity index (χ1) is 13.9. The molecule has 0 aromatic heterocycles. The lowest BCUT2D eigenvalue weighted by Gasteiger charge is -2.23. The fourth-order valence-electron chi connectivity index (χ4n) is 2.14. The Bertz CT molecular complexity index is 711. The SMILES string of the molecule is NCC(=O)NC(CC(=O)O)C(=O)NC(CCC(N)=O)C(=O)NC(CC(N)=O)C(=O)O. The van der Waals surface area contributed by atoms with Crippen molar-refractivity contribution >= 4 is 41.5 Å². The van der Waals surface area contributed by atoms with E-state index in [9.17, 15) is 33.6 Å². The Morgan fingerprint density at radius 1 is 0.733 bits per heavy atom. The summed E-state index contributed by atoms with van der Waals surface area (Å²) in [5.41, 5.74) is 15.0. The van der Waals surface area contributed by atoms with Crippen LogP contribution in [0.15, 0.2) is 0 Å². The van der Waals surface area contributed by atoms with Gasteiger partial charge in [-0.05, 0) is 6.42 Å². The van der Waals surface area contributed by atoms with Crippen LogP contribution in [-0.4, -0.2) is 76.4 Å². The zero-order valence-corrected chi connectivity index (χ0v) is 15.8. The number of carboxylic acids is 2. The number of hydrogen-bond donors (Lipinski definition) is 8. The minimum atomic E-state index is -1.71. The minimum absolute atomic E-state index is 0.375. The highest BCUT2D eigenvalue weighted by atomic mass is 16.4. The molecule has 0 aromatic rings. The van der Waals surface area contributed by atoms with Crippen LogP contribution in [0.1, 0.15) is 25.7 Å². The zero-order valence-electron chi connectivity index (χ0n) is 15.8. The first-order valence-electron chi connectivity index (χ1n) is 8.48. The zero-order chi connectivity index (χ0) is 23.4. The van der Waals surface area contributed by atoms with Crippen LogP contribution in [0.25, 0.3) is 0 Å². The van der Waals surface area contributed by atoms with Crippen molar-refractivity contribution in [3.63, 3.8) is 0 Å². The monoisotopic (exact) mass is 432 g/mol. The third-order valence-electron chi connectivity index (χ3n) is 3.55. The Morgan fingerprint density at radius 2 is 1.27 bits per heavy atom. The third-order valence-corrected chi connectivity index (χ3v) is 3.55. The highest BCUT2D eigenvalue weighted by molar-refractivity contribution is 5.96. The quantitative estimate of drug-likeness (QED) is 0.129. The molecule has 5 amide bonds. The van der Waals surface area contributed by atoms with Gasteiger partial charge in [-0.2, -0.15) is 0 Å². The van der Waals surface area contributed by atoms with Crippen LogP contribution in [0, 0.1) is 0 Å². The van der Waals surface area contributed by atoms with Crippen LogP contribution >= 0.6 is 0 Å². The average molecular weight is 432 g/mol. The Kier molecular flexibility index (Phi) is 11.1. The van der Waals surface area contributed by atoms with Gasteiger partial charge in [-0.15, -0.1) is 0 Å². The van der Waals surface area contributed by atoms with Gasteiger partial charge in [-0.1, -0.05) is 0 Å². The van der Waals surface area contributed by atoms with Crippen molar-refractivity contribution in [3.8, 4) is 0 Å². The summed E-state index contributed by atoms with van der Waals surface area (Å²) in [6, 6.07) is -4.86. The molecule has 3 atom stereocenters. The van der Waals surface area contributed by atoms with E-state index in [-0.39, 0.29) is 6.42 Å². The summed E-state index contributed by atoms with van der Waals surface area (Å²) in [5, 5.41) is 24.1. The number of carbonyl (C=O) groups is 7. The molecule has 0 aromatic carbocycles. The van der Waals surface area contributed by atoms with Crippen molar-refractivity contribution in [3.05, 3.63) is 0 Å². The largest absolute Gasteiger partial charge is 0.481 e. The molecule has 30 heavy (non-hydrogen) atoms. The highest BCUT2D eigenvalue weighted by Crippen LogP contribution is 2.03. The first kappa shape index (κ1) is 26.2. The second-order valence-electron chi connectivity index (χ2n) is 6.06. The number of nitrogens with two attached hydrogens (primary N) is 3. The van der Waals surface area contributed by atoms with Crippen LogP contribution in [-0.2, 0) is 33.6 Å². The first-order valence-corrected chi connectivity index (χ1v) is 8.48. The van der Waals surface area contributed by atoms with Crippen molar-refractivity contribution in [1.82, 2.24) is 16.0 Å². The fourth-order valence-corrected chi connectivity index (χ4v) is 2.14. The number of carboxylic acid groups (broad SMARTS) is 2. The number of primary amides is 2. The molecule has 168 valence electrons. The van der Waals surface area contributed by atoms with Crippen molar-refractivity contribution in [2.24, 2.45) is 17.2 Å². The Balaban J connectivity index is 5.48. The molecule has 0 aliphatic carbocycles. The van der Waals surface area contributed by atoms with E-state index >= 15 is 0 Å². The summed E-state index contributed by atoms with van der Waals surface area (Å²) in [7, 11) is 0. The van der Waals surface area contributed by atoms with Gasteiger partial charge in [-0.25, -0.2) is 4.79 Å². The molecule has 11 N–H and O–H groups in total. The number of carbonyl (C=O) groups excluding carboxylic acids is 5. The van der Waals surface area contributed by atoms with Gasteiger partial charge < -0.3 is 43.4 Å². The maximum absolute atomic E-state index is 12.4. The number of aliphatic carboxylic acids is 2. The smallest absolute Gasteiger partial charge is 0.326 e. The van der Waals surface area contributed by atoms with Crippen LogP contribution < -0.4 is 33.2 Å². The molecule has 0 saturated heterocycles. The molecule has 0 radical (unpaired) electrons. The van der Waals surface area contributed by atoms with E-state index in [1.807, 2.05) is 5.32 Å². The van der Waals surface area contributed by atoms with E-state index in [1.165, 1.54) is 0 Å². The predicted molar refractivity (Wildman–Crippen MR) is 97.0 cm³/mol. The summed E-state index contributed by atoms with van der Waals surface area (Å²) < 4.78 is 0. The molecule has 0 rings (SSSR count). The van der Waals surface area contributed by atoms with Gasteiger partial charge in [0.2, 0.25) is 29.5 Å². The van der Waals surface area contributed by atoms with Crippen LogP contribution in [0.5, 0.6) is 0 Å². The topological polar surface area (TPSA) is 274 Å². The Labute approximate surface area is 169 Å². The third kappa shape index (κ3) is 10.5. The minimum Gasteiger partial charge on any atom is -0.481 e. The van der Waals surface area contributed by atoms with E-state index in [0.717, 1.165) is 0 Å². The second-order valence-corrected chi connectivity index (χ2v) is 6.06. The molecule has 15 heteroatoms. The predicted octanol–water partition coefficient (Wildman–Crippen LogP) is -4.90. The van der Waals surface area contributed by atoms with Crippen LogP contribution in [0.4, 0.5) is 0 Å². The van der Waals surface area contributed by atoms with Crippen molar-refractivity contribution in [1.29, 1.82) is 0 Å². The van der Waals surface area contributed by atoms with Gasteiger partial charge in [0.1, 0.15) is 18.1 Å². The maximum atomic E-state index is 12.4. The van der Waals surface area contributed by atoms with Gasteiger partial charge >= 0.3 is 11.9 Å². The molecule has 3 unspecified atom stereocenters. The lowest BCUT2D eigenvalue weighted by atomic mass is 10.1. The molecule has 0 aliphatic rings. The van der Waals surface area contributed by atoms with E-state index < -0.39 is 85.4 Å². The molecule has 0 bridgehead atoms. The van der Waals surface area contributed by atoms with E-state index in [2.05, 4.69) is 10.6 Å². The molecular formula is C15H24N6O9. The van der Waals surface area contributed by atoms with Crippen molar-refractivity contribution in [2.45, 2.75) is 43.8 Å².